The second-order valence-corrected chi connectivity index (χ2v) is 14.5. The van der Waals surface area contributed by atoms with Gasteiger partial charge in [0, 0.05) is 74.5 Å². The molecule has 0 atom stereocenters. The van der Waals surface area contributed by atoms with Crippen LogP contribution in [0.15, 0.2) is 30.5 Å². The van der Waals surface area contributed by atoms with Crippen molar-refractivity contribution in [3.63, 3.8) is 0 Å². The Hall–Kier alpha value is -3.26. The van der Waals surface area contributed by atoms with Gasteiger partial charge in [-0.2, -0.15) is 5.10 Å². The molecule has 0 saturated carbocycles. The summed E-state index contributed by atoms with van der Waals surface area (Å²) < 4.78 is 29.8. The minimum atomic E-state index is -3.46. The van der Waals surface area contributed by atoms with Gasteiger partial charge in [-0.25, -0.2) is 9.97 Å². The lowest BCUT2D eigenvalue weighted by Gasteiger charge is -2.34. The van der Waals surface area contributed by atoms with Crippen molar-refractivity contribution in [2.24, 2.45) is 0 Å². The van der Waals surface area contributed by atoms with Crippen molar-refractivity contribution in [1.29, 1.82) is 0 Å². The zero-order valence-electron chi connectivity index (χ0n) is 26.3. The lowest BCUT2D eigenvalue weighted by atomic mass is 10.1. The van der Waals surface area contributed by atoms with E-state index in [-0.39, 0.29) is 43.9 Å². The fourth-order valence-corrected chi connectivity index (χ4v) is 8.70. The Kier molecular flexibility index (Phi) is 10.4. The van der Waals surface area contributed by atoms with Gasteiger partial charge in [-0.3, -0.25) is 24.2 Å². The predicted molar refractivity (Wildman–Crippen MR) is 177 cm³/mol. The fraction of sp³-hybridized carbons (Fsp3) is 0.516. The van der Waals surface area contributed by atoms with Gasteiger partial charge in [0.15, 0.2) is 11.6 Å². The summed E-state index contributed by atoms with van der Waals surface area (Å²) in [5, 5.41) is 8.24. The van der Waals surface area contributed by atoms with Crippen LogP contribution in [0.3, 0.4) is 0 Å². The number of nitrogens with zero attached hydrogens (tertiary/aromatic N) is 6. The summed E-state index contributed by atoms with van der Waals surface area (Å²) in [5.41, 5.74) is 2.80. The number of hydrogen-bond donors (Lipinski definition) is 1. The number of fused-ring (bicyclic) bond motifs is 2. The monoisotopic (exact) mass is 669 g/mol. The smallest absolute Gasteiger partial charge is 0.338 e. The molecule has 3 aromatic heterocycles. The van der Waals surface area contributed by atoms with Crippen LogP contribution in [-0.2, 0) is 34.5 Å². The molecule has 0 bridgehead atoms. The van der Waals surface area contributed by atoms with E-state index < -0.39 is 7.60 Å². The van der Waals surface area contributed by atoms with Crippen LogP contribution in [-0.4, -0.2) is 114 Å². The van der Waals surface area contributed by atoms with Crippen molar-refractivity contribution in [2.45, 2.75) is 33.2 Å². The van der Waals surface area contributed by atoms with Gasteiger partial charge in [-0.1, -0.05) is 12.1 Å². The molecule has 0 radical (unpaired) electrons. The van der Waals surface area contributed by atoms with E-state index >= 15 is 0 Å². The molecule has 0 spiro atoms. The largest absolute Gasteiger partial charge is 0.378 e. The molecule has 2 aliphatic heterocycles. The molecule has 2 fully saturated rings. The molecule has 13 nitrogen and oxygen atoms in total. The maximum absolute atomic E-state index is 12.9. The number of piperazine rings is 1. The van der Waals surface area contributed by atoms with Crippen LogP contribution < -0.4 is 4.90 Å². The molecule has 2 aliphatic rings. The standard InChI is InChI=1S/C31H40N7O6PS/c1-3-43-45(41,44-4-2)21-22(39)8-9-28(40)37-12-10-36(11-13-37)20-23-18-27-29(46-23)31(38-14-16-42-17-15-38)34-30(33-27)24-6-5-7-26-25(24)19-32-35-26/h5-7,18-19H,3-4,8-17,20-21H2,1-2H3,(H,32,35). The number of ketones is 1. The van der Waals surface area contributed by atoms with Crippen LogP contribution in [0.25, 0.3) is 32.5 Å². The average molecular weight is 670 g/mol. The van der Waals surface area contributed by atoms with E-state index in [0.717, 1.165) is 65.2 Å². The summed E-state index contributed by atoms with van der Waals surface area (Å²) in [5.74, 6) is 1.26. The van der Waals surface area contributed by atoms with E-state index in [1.54, 1.807) is 25.2 Å². The Bertz CT molecular complexity index is 1720. The van der Waals surface area contributed by atoms with Crippen molar-refractivity contribution in [3.05, 3.63) is 35.3 Å². The highest BCUT2D eigenvalue weighted by Gasteiger charge is 2.29. The fourth-order valence-electron chi connectivity index (χ4n) is 5.91. The predicted octanol–water partition coefficient (Wildman–Crippen LogP) is 4.33. The van der Waals surface area contributed by atoms with Gasteiger partial charge in [0.2, 0.25) is 5.91 Å². The number of Topliss-reactive ketones (excluding diaryl/α,β-unsaturated/α-hetero) is 1. The quantitative estimate of drug-likeness (QED) is 0.203. The molecule has 5 heterocycles. The first kappa shape index (κ1) is 32.7. The Morgan fingerprint density at radius 2 is 1.78 bits per heavy atom. The molecule has 246 valence electrons. The molecule has 4 aromatic rings. The van der Waals surface area contributed by atoms with Gasteiger partial charge in [0.1, 0.15) is 11.9 Å². The number of rotatable bonds is 13. The molecule has 2 saturated heterocycles. The number of hydrogen-bond acceptors (Lipinski definition) is 12. The van der Waals surface area contributed by atoms with Gasteiger partial charge in [-0.15, -0.1) is 11.3 Å². The summed E-state index contributed by atoms with van der Waals surface area (Å²) in [7, 11) is -3.46. The highest BCUT2D eigenvalue weighted by molar-refractivity contribution is 7.54. The normalized spacial score (nSPS) is 16.5. The van der Waals surface area contributed by atoms with E-state index in [2.05, 4.69) is 26.1 Å². The van der Waals surface area contributed by atoms with Gasteiger partial charge >= 0.3 is 7.60 Å². The number of benzene rings is 1. The number of aromatic nitrogens is 4. The Labute approximate surface area is 271 Å². The second kappa shape index (κ2) is 14.7. The van der Waals surface area contributed by atoms with Crippen LogP contribution in [0.2, 0.25) is 0 Å². The van der Waals surface area contributed by atoms with Gasteiger partial charge in [0.25, 0.3) is 0 Å². The summed E-state index contributed by atoms with van der Waals surface area (Å²) in [6.07, 6.45) is 1.63. The van der Waals surface area contributed by atoms with Gasteiger partial charge in [-0.05, 0) is 26.0 Å². The van der Waals surface area contributed by atoms with E-state index in [1.165, 1.54) is 4.88 Å². The van der Waals surface area contributed by atoms with Crippen LogP contribution in [0.5, 0.6) is 0 Å². The Balaban J connectivity index is 1.10. The van der Waals surface area contributed by atoms with E-state index in [0.29, 0.717) is 32.1 Å². The Morgan fingerprint density at radius 1 is 1.02 bits per heavy atom. The highest BCUT2D eigenvalue weighted by Crippen LogP contribution is 2.48. The molecule has 1 aromatic carbocycles. The molecule has 15 heteroatoms. The topological polar surface area (TPSA) is 143 Å². The second-order valence-electron chi connectivity index (χ2n) is 11.3. The number of nitrogens with one attached hydrogen (secondary N) is 1. The lowest BCUT2D eigenvalue weighted by molar-refractivity contribution is -0.134. The molecular formula is C31H40N7O6PS. The summed E-state index contributed by atoms with van der Waals surface area (Å²) >= 11 is 1.72. The highest BCUT2D eigenvalue weighted by atomic mass is 32.1. The Morgan fingerprint density at radius 3 is 2.52 bits per heavy atom. The van der Waals surface area contributed by atoms with Crippen LogP contribution in [0.4, 0.5) is 5.82 Å². The third-order valence-corrected chi connectivity index (χ3v) is 11.3. The number of amides is 1. The van der Waals surface area contributed by atoms with Gasteiger partial charge in [0.05, 0.1) is 48.4 Å². The minimum absolute atomic E-state index is 0.0224. The number of morpholine rings is 1. The van der Waals surface area contributed by atoms with E-state index in [4.69, 9.17) is 23.8 Å². The molecular weight excluding hydrogens is 629 g/mol. The molecule has 0 aliphatic carbocycles. The van der Waals surface area contributed by atoms with E-state index in [1.807, 2.05) is 29.3 Å². The summed E-state index contributed by atoms with van der Waals surface area (Å²) in [6.45, 7) is 10.1. The zero-order valence-corrected chi connectivity index (χ0v) is 28.0. The zero-order chi connectivity index (χ0) is 32.1. The number of ether oxygens (including phenoxy) is 1. The van der Waals surface area contributed by atoms with Crippen LogP contribution >= 0.6 is 18.9 Å². The number of aromatic amines is 1. The van der Waals surface area contributed by atoms with Crippen LogP contribution in [0.1, 0.15) is 31.6 Å². The molecule has 1 amide bonds. The maximum Gasteiger partial charge on any atom is 0.338 e. The molecule has 0 unspecified atom stereocenters. The number of carbonyl (C=O) groups excluding carboxylic acids is 2. The number of carbonyl (C=O) groups is 2. The lowest BCUT2D eigenvalue weighted by Crippen LogP contribution is -2.48. The first-order chi connectivity index (χ1) is 22.4. The SMILES string of the molecule is CCOP(=O)(CC(=O)CCC(=O)N1CCN(Cc2cc3nc(-c4cccc5[nH]ncc45)nc(N4CCOCC4)c3s2)CC1)OCC. The first-order valence-corrected chi connectivity index (χ1v) is 18.4. The van der Waals surface area contributed by atoms with E-state index in [9.17, 15) is 14.2 Å². The van der Waals surface area contributed by atoms with Crippen molar-refractivity contribution in [3.8, 4) is 11.4 Å². The van der Waals surface area contributed by atoms with Crippen molar-refractivity contribution in [1.82, 2.24) is 30.0 Å². The van der Waals surface area contributed by atoms with Crippen molar-refractivity contribution >= 4 is 57.6 Å². The summed E-state index contributed by atoms with van der Waals surface area (Å²) in [4.78, 5) is 43.1. The minimum Gasteiger partial charge on any atom is -0.378 e. The number of H-pyrrole nitrogens is 1. The third kappa shape index (κ3) is 7.48. The molecule has 1 N–H and O–H groups in total. The van der Waals surface area contributed by atoms with Crippen molar-refractivity contribution < 1.29 is 27.9 Å². The average Bonchev–Trinajstić information content (AvgIpc) is 3.71. The van der Waals surface area contributed by atoms with Crippen LogP contribution in [0, 0.1) is 0 Å². The number of anilines is 1. The number of thiophene rings is 1. The molecule has 6 rings (SSSR count). The molecule has 46 heavy (non-hydrogen) atoms. The maximum atomic E-state index is 12.9. The van der Waals surface area contributed by atoms with Gasteiger partial charge < -0.3 is 23.6 Å². The first-order valence-electron chi connectivity index (χ1n) is 15.8. The third-order valence-electron chi connectivity index (χ3n) is 8.18. The van der Waals surface area contributed by atoms with Crippen molar-refractivity contribution in [2.75, 3.05) is 76.8 Å². The summed E-state index contributed by atoms with van der Waals surface area (Å²) in [6, 6.07) is 8.18.